The van der Waals surface area contributed by atoms with E-state index in [1.54, 1.807) is 48.8 Å². The Morgan fingerprint density at radius 1 is 1.00 bits per heavy atom. The van der Waals surface area contributed by atoms with Crippen LogP contribution in [0.5, 0.6) is 0 Å². The number of benzene rings is 2. The van der Waals surface area contributed by atoms with Gasteiger partial charge in [-0.05, 0) is 35.9 Å². The highest BCUT2D eigenvalue weighted by atomic mass is 32.2. The van der Waals surface area contributed by atoms with Gasteiger partial charge in [-0.3, -0.25) is 19.8 Å². The van der Waals surface area contributed by atoms with Crippen molar-refractivity contribution in [1.29, 1.82) is 0 Å². The molecule has 156 valence electrons. The number of non-ortho nitro benzene ring substituents is 1. The van der Waals surface area contributed by atoms with Crippen molar-refractivity contribution in [2.45, 2.75) is 11.3 Å². The fourth-order valence-electron chi connectivity index (χ4n) is 2.83. The molecule has 0 saturated heterocycles. The molecule has 4 aromatic rings. The highest BCUT2D eigenvalue weighted by molar-refractivity contribution is 7.92. The van der Waals surface area contributed by atoms with Crippen molar-refractivity contribution < 1.29 is 17.9 Å². The first-order valence-electron chi connectivity index (χ1n) is 9.00. The molecule has 0 aliphatic carbocycles. The average molecular weight is 437 g/mol. The normalized spacial score (nSPS) is 11.2. The van der Waals surface area contributed by atoms with E-state index < -0.39 is 14.9 Å². The standard InChI is InChI=1S/C20H15N5O5S/c26-25(27)16-5-7-17(8-6-16)31(28,29)24-18-4-2-1-3-15(18)13-19-22-20(23-30-19)14-9-11-21-12-10-14/h1-12,24H,13H2. The minimum Gasteiger partial charge on any atom is -0.339 e. The van der Waals surface area contributed by atoms with Crippen molar-refractivity contribution in [3.05, 3.63) is 94.6 Å². The lowest BCUT2D eigenvalue weighted by atomic mass is 10.1. The van der Waals surface area contributed by atoms with Gasteiger partial charge in [-0.25, -0.2) is 8.42 Å². The molecule has 2 aromatic heterocycles. The first kappa shape index (κ1) is 20.2. The minimum atomic E-state index is -3.95. The summed E-state index contributed by atoms with van der Waals surface area (Å²) < 4.78 is 33.3. The Kier molecular flexibility index (Phi) is 5.41. The summed E-state index contributed by atoms with van der Waals surface area (Å²) in [6.07, 6.45) is 3.44. The van der Waals surface area contributed by atoms with Crippen molar-refractivity contribution in [3.8, 4) is 11.4 Å². The number of nitrogens with one attached hydrogen (secondary N) is 1. The third-order valence-corrected chi connectivity index (χ3v) is 5.75. The Hall–Kier alpha value is -4.12. The Morgan fingerprint density at radius 3 is 2.42 bits per heavy atom. The van der Waals surface area contributed by atoms with Crippen molar-refractivity contribution in [2.75, 3.05) is 4.72 Å². The molecule has 11 heteroatoms. The zero-order valence-electron chi connectivity index (χ0n) is 15.9. The summed E-state index contributed by atoms with van der Waals surface area (Å²) in [5, 5.41) is 14.7. The molecule has 2 aromatic carbocycles. The number of anilines is 1. The summed E-state index contributed by atoms with van der Waals surface area (Å²) in [7, 11) is -3.95. The number of nitrogens with zero attached hydrogens (tertiary/aromatic N) is 4. The van der Waals surface area contributed by atoms with Crippen LogP contribution < -0.4 is 4.72 Å². The summed E-state index contributed by atoms with van der Waals surface area (Å²) >= 11 is 0. The minimum absolute atomic E-state index is 0.0920. The van der Waals surface area contributed by atoms with Crippen LogP contribution in [0.2, 0.25) is 0 Å². The third kappa shape index (κ3) is 4.56. The van der Waals surface area contributed by atoms with E-state index in [-0.39, 0.29) is 17.0 Å². The van der Waals surface area contributed by atoms with Crippen molar-refractivity contribution >= 4 is 21.4 Å². The molecule has 0 radical (unpaired) electrons. The van der Waals surface area contributed by atoms with Gasteiger partial charge in [0.05, 0.1) is 21.9 Å². The second-order valence-electron chi connectivity index (χ2n) is 6.44. The van der Waals surface area contributed by atoms with Gasteiger partial charge in [0.1, 0.15) is 0 Å². The summed E-state index contributed by atoms with van der Waals surface area (Å²) in [6.45, 7) is 0. The van der Waals surface area contributed by atoms with Gasteiger partial charge in [0.2, 0.25) is 11.7 Å². The molecule has 31 heavy (non-hydrogen) atoms. The first-order valence-corrected chi connectivity index (χ1v) is 10.5. The number of sulfonamides is 1. The van der Waals surface area contributed by atoms with Gasteiger partial charge in [0, 0.05) is 30.1 Å². The number of rotatable bonds is 7. The van der Waals surface area contributed by atoms with Crippen LogP contribution >= 0.6 is 0 Å². The molecule has 0 atom stereocenters. The number of hydrogen-bond donors (Lipinski definition) is 1. The predicted molar refractivity (Wildman–Crippen MR) is 111 cm³/mol. The Morgan fingerprint density at radius 2 is 1.71 bits per heavy atom. The monoisotopic (exact) mass is 437 g/mol. The van der Waals surface area contributed by atoms with Crippen LogP contribution in [-0.2, 0) is 16.4 Å². The second kappa shape index (κ2) is 8.32. The molecule has 0 unspecified atom stereocenters. The lowest BCUT2D eigenvalue weighted by molar-refractivity contribution is -0.384. The van der Waals surface area contributed by atoms with Crippen LogP contribution in [-0.4, -0.2) is 28.5 Å². The van der Waals surface area contributed by atoms with E-state index in [0.29, 0.717) is 23.0 Å². The lowest BCUT2D eigenvalue weighted by Gasteiger charge is -2.11. The Bertz CT molecular complexity index is 1320. The number of nitro groups is 1. The molecule has 10 nitrogen and oxygen atoms in total. The Labute approximate surface area is 176 Å². The molecule has 4 rings (SSSR count). The first-order chi connectivity index (χ1) is 14.9. The molecule has 0 saturated carbocycles. The maximum absolute atomic E-state index is 12.7. The van der Waals surface area contributed by atoms with Gasteiger partial charge >= 0.3 is 0 Å². The van der Waals surface area contributed by atoms with E-state index in [1.807, 2.05) is 0 Å². The van der Waals surface area contributed by atoms with E-state index in [2.05, 4.69) is 19.8 Å². The molecule has 0 aliphatic heterocycles. The van der Waals surface area contributed by atoms with Crippen LogP contribution in [0, 0.1) is 10.1 Å². The smallest absolute Gasteiger partial charge is 0.269 e. The highest BCUT2D eigenvalue weighted by Gasteiger charge is 2.18. The summed E-state index contributed by atoms with van der Waals surface area (Å²) in [5.41, 5.74) is 1.51. The highest BCUT2D eigenvalue weighted by Crippen LogP contribution is 2.24. The van der Waals surface area contributed by atoms with Gasteiger partial charge in [-0.1, -0.05) is 23.4 Å². The van der Waals surface area contributed by atoms with Crippen LogP contribution in [0.1, 0.15) is 11.5 Å². The molecule has 0 aliphatic rings. The fourth-order valence-corrected chi connectivity index (χ4v) is 3.93. The summed E-state index contributed by atoms with van der Waals surface area (Å²) in [4.78, 5) is 18.4. The fraction of sp³-hybridized carbons (Fsp3) is 0.0500. The number of nitro benzene ring substituents is 1. The van der Waals surface area contributed by atoms with Crippen LogP contribution in [0.25, 0.3) is 11.4 Å². The summed E-state index contributed by atoms with van der Waals surface area (Å²) in [6, 6.07) is 14.9. The van der Waals surface area contributed by atoms with Gasteiger partial charge in [0.15, 0.2) is 0 Å². The maximum Gasteiger partial charge on any atom is 0.269 e. The zero-order chi connectivity index (χ0) is 21.8. The Balaban J connectivity index is 1.56. The molecule has 0 bridgehead atoms. The zero-order valence-corrected chi connectivity index (χ0v) is 16.7. The van der Waals surface area contributed by atoms with Gasteiger partial charge < -0.3 is 4.52 Å². The van der Waals surface area contributed by atoms with E-state index in [1.165, 1.54) is 12.1 Å². The molecule has 0 spiro atoms. The number of pyridine rings is 1. The average Bonchev–Trinajstić information content (AvgIpc) is 3.24. The number of hydrogen-bond acceptors (Lipinski definition) is 8. The maximum atomic E-state index is 12.7. The largest absolute Gasteiger partial charge is 0.339 e. The van der Waals surface area contributed by atoms with Gasteiger partial charge in [-0.2, -0.15) is 4.98 Å². The molecular weight excluding hydrogens is 422 g/mol. The van der Waals surface area contributed by atoms with Crippen LogP contribution in [0.15, 0.2) is 82.5 Å². The molecule has 2 heterocycles. The third-order valence-electron chi connectivity index (χ3n) is 4.37. The van der Waals surface area contributed by atoms with E-state index in [4.69, 9.17) is 4.52 Å². The van der Waals surface area contributed by atoms with Crippen molar-refractivity contribution in [3.63, 3.8) is 0 Å². The van der Waals surface area contributed by atoms with Crippen LogP contribution in [0.3, 0.4) is 0 Å². The van der Waals surface area contributed by atoms with Gasteiger partial charge in [-0.15, -0.1) is 0 Å². The molecular formula is C20H15N5O5S. The quantitative estimate of drug-likeness (QED) is 0.342. The second-order valence-corrected chi connectivity index (χ2v) is 8.12. The van der Waals surface area contributed by atoms with Crippen molar-refractivity contribution in [2.24, 2.45) is 0 Å². The molecule has 0 fully saturated rings. The van der Waals surface area contributed by atoms with E-state index >= 15 is 0 Å². The van der Waals surface area contributed by atoms with E-state index in [0.717, 1.165) is 17.7 Å². The van der Waals surface area contributed by atoms with Gasteiger partial charge in [0.25, 0.3) is 15.7 Å². The van der Waals surface area contributed by atoms with Crippen LogP contribution in [0.4, 0.5) is 11.4 Å². The molecule has 0 amide bonds. The number of aromatic nitrogens is 3. The topological polar surface area (TPSA) is 141 Å². The predicted octanol–water partition coefficient (Wildman–Crippen LogP) is 3.43. The lowest BCUT2D eigenvalue weighted by Crippen LogP contribution is -2.14. The number of para-hydroxylation sites is 1. The summed E-state index contributed by atoms with van der Waals surface area (Å²) in [5.74, 6) is 0.718. The van der Waals surface area contributed by atoms with Crippen molar-refractivity contribution in [1.82, 2.24) is 15.1 Å². The molecule has 1 N–H and O–H groups in total. The van der Waals surface area contributed by atoms with E-state index in [9.17, 15) is 18.5 Å². The SMILES string of the molecule is O=[N+]([O-])c1ccc(S(=O)(=O)Nc2ccccc2Cc2nc(-c3ccncc3)no2)cc1.